The molecule has 1 aromatic rings. The largest absolute Gasteiger partial charge is 0.356 e. The third-order valence-electron chi connectivity index (χ3n) is 4.57. The van der Waals surface area contributed by atoms with Crippen molar-refractivity contribution < 1.29 is 9.59 Å². The Morgan fingerprint density at radius 3 is 2.15 bits per heavy atom. The summed E-state index contributed by atoms with van der Waals surface area (Å²) < 4.78 is 0. The topological polar surface area (TPSA) is 73.8 Å². The van der Waals surface area contributed by atoms with Gasteiger partial charge in [0.2, 0.25) is 0 Å². The molecule has 2 rings (SSSR count). The molecule has 0 spiro atoms. The number of unbranched alkanes of at least 4 members (excludes halogenated alkanes) is 1. The molecule has 1 unspecified atom stereocenters. The van der Waals surface area contributed by atoms with Crippen LogP contribution in [0.5, 0.6) is 0 Å². The standard InChI is InChI=1S/C19H28N4O2.HI/c1-13(2)14(3)22-19(20-4)21-11-7-8-12-23-17(24)15-9-5-6-10-16(15)18(23)25;/h5-6,9-10,13-14H,7-8,11-12H2,1-4H3,(H2,20,21,22);1H. The maximum absolute atomic E-state index is 12.3. The van der Waals surface area contributed by atoms with Crippen LogP contribution in [-0.2, 0) is 0 Å². The SMILES string of the molecule is CN=C(NCCCCN1C(=O)c2ccccc2C1=O)NC(C)C(C)C.I. The van der Waals surface area contributed by atoms with Crippen molar-refractivity contribution in [3.8, 4) is 0 Å². The van der Waals surface area contributed by atoms with E-state index >= 15 is 0 Å². The van der Waals surface area contributed by atoms with E-state index in [0.717, 1.165) is 25.3 Å². The number of aliphatic imine (C=N–C) groups is 1. The molecule has 0 saturated carbocycles. The van der Waals surface area contributed by atoms with E-state index in [1.807, 2.05) is 0 Å². The van der Waals surface area contributed by atoms with Gasteiger partial charge in [0.15, 0.2) is 5.96 Å². The highest BCUT2D eigenvalue weighted by molar-refractivity contribution is 14.0. The van der Waals surface area contributed by atoms with Gasteiger partial charge in [0.25, 0.3) is 11.8 Å². The number of rotatable bonds is 7. The van der Waals surface area contributed by atoms with Crippen LogP contribution in [-0.4, -0.2) is 48.9 Å². The van der Waals surface area contributed by atoms with Crippen molar-refractivity contribution in [3.05, 3.63) is 35.4 Å². The zero-order chi connectivity index (χ0) is 18.4. The van der Waals surface area contributed by atoms with Gasteiger partial charge < -0.3 is 10.6 Å². The molecule has 0 aliphatic carbocycles. The summed E-state index contributed by atoms with van der Waals surface area (Å²) >= 11 is 0. The number of nitrogens with one attached hydrogen (secondary N) is 2. The Morgan fingerprint density at radius 1 is 1.08 bits per heavy atom. The van der Waals surface area contributed by atoms with Gasteiger partial charge in [-0.25, -0.2) is 0 Å². The molecule has 2 amide bonds. The minimum absolute atomic E-state index is 0. The van der Waals surface area contributed by atoms with Crippen LogP contribution in [0.15, 0.2) is 29.3 Å². The number of hydrogen-bond donors (Lipinski definition) is 2. The third-order valence-corrected chi connectivity index (χ3v) is 4.57. The van der Waals surface area contributed by atoms with E-state index in [4.69, 9.17) is 0 Å². The fourth-order valence-electron chi connectivity index (χ4n) is 2.62. The average Bonchev–Trinajstić information content (AvgIpc) is 2.85. The Balaban J connectivity index is 0.00000338. The number of guanidine groups is 1. The Kier molecular flexibility index (Phi) is 9.04. The molecule has 1 aromatic carbocycles. The molecule has 2 N–H and O–H groups in total. The Hall–Kier alpha value is -1.64. The van der Waals surface area contributed by atoms with Gasteiger partial charge in [0.1, 0.15) is 0 Å². The summed E-state index contributed by atoms with van der Waals surface area (Å²) in [7, 11) is 1.75. The maximum atomic E-state index is 12.3. The van der Waals surface area contributed by atoms with E-state index < -0.39 is 0 Å². The number of amides is 2. The van der Waals surface area contributed by atoms with Gasteiger partial charge in [-0.15, -0.1) is 24.0 Å². The summed E-state index contributed by atoms with van der Waals surface area (Å²) in [5.74, 6) is 0.933. The van der Waals surface area contributed by atoms with Gasteiger partial charge in [-0.1, -0.05) is 26.0 Å². The monoisotopic (exact) mass is 472 g/mol. The van der Waals surface area contributed by atoms with Crippen molar-refractivity contribution in [2.45, 2.75) is 39.7 Å². The lowest BCUT2D eigenvalue weighted by Gasteiger charge is -2.21. The fraction of sp³-hybridized carbons (Fsp3) is 0.526. The molecule has 1 aliphatic heterocycles. The summed E-state index contributed by atoms with van der Waals surface area (Å²) in [6, 6.07) is 7.33. The quantitative estimate of drug-likeness (QED) is 0.211. The van der Waals surface area contributed by atoms with Crippen molar-refractivity contribution in [2.24, 2.45) is 10.9 Å². The molecule has 6 nitrogen and oxygen atoms in total. The first-order valence-electron chi connectivity index (χ1n) is 8.88. The number of fused-ring (bicyclic) bond motifs is 1. The highest BCUT2D eigenvalue weighted by Gasteiger charge is 2.34. The summed E-state index contributed by atoms with van der Waals surface area (Å²) in [6.45, 7) is 7.63. The molecule has 0 fully saturated rings. The summed E-state index contributed by atoms with van der Waals surface area (Å²) in [5, 5.41) is 6.61. The molecule has 0 aromatic heterocycles. The first-order chi connectivity index (χ1) is 12.0. The normalized spacial score (nSPS) is 15.0. The summed E-state index contributed by atoms with van der Waals surface area (Å²) in [6.07, 6.45) is 1.61. The lowest BCUT2D eigenvalue weighted by Crippen LogP contribution is -2.44. The summed E-state index contributed by atoms with van der Waals surface area (Å²) in [5.41, 5.74) is 1.02. The predicted molar refractivity (Wildman–Crippen MR) is 115 cm³/mol. The number of carbonyl (C=O) groups is 2. The maximum Gasteiger partial charge on any atom is 0.261 e. The second-order valence-electron chi connectivity index (χ2n) is 6.69. The van der Waals surface area contributed by atoms with Crippen LogP contribution in [0.4, 0.5) is 0 Å². The van der Waals surface area contributed by atoms with Crippen LogP contribution in [0.2, 0.25) is 0 Å². The molecule has 0 saturated heterocycles. The number of halogens is 1. The summed E-state index contributed by atoms with van der Waals surface area (Å²) in [4.78, 5) is 30.1. The molecule has 7 heteroatoms. The zero-order valence-electron chi connectivity index (χ0n) is 15.9. The number of hydrogen-bond acceptors (Lipinski definition) is 3. The van der Waals surface area contributed by atoms with Crippen molar-refractivity contribution in [1.29, 1.82) is 0 Å². The highest BCUT2D eigenvalue weighted by atomic mass is 127. The van der Waals surface area contributed by atoms with Gasteiger partial charge in [-0.2, -0.15) is 0 Å². The van der Waals surface area contributed by atoms with Crippen LogP contribution in [0.3, 0.4) is 0 Å². The molecule has 1 atom stereocenters. The molecule has 26 heavy (non-hydrogen) atoms. The highest BCUT2D eigenvalue weighted by Crippen LogP contribution is 2.22. The minimum Gasteiger partial charge on any atom is -0.356 e. The van der Waals surface area contributed by atoms with Gasteiger partial charge in [0, 0.05) is 26.2 Å². The van der Waals surface area contributed by atoms with Crippen molar-refractivity contribution >= 4 is 41.8 Å². The number of carbonyl (C=O) groups excluding carboxylic acids is 2. The Bertz CT molecular complexity index is 626. The van der Waals surface area contributed by atoms with Gasteiger partial charge in [0.05, 0.1) is 11.1 Å². The molecule has 0 radical (unpaired) electrons. The van der Waals surface area contributed by atoms with E-state index in [9.17, 15) is 9.59 Å². The first kappa shape index (κ1) is 22.4. The minimum atomic E-state index is -0.184. The van der Waals surface area contributed by atoms with Crippen LogP contribution in [0, 0.1) is 5.92 Å². The Morgan fingerprint density at radius 2 is 1.65 bits per heavy atom. The van der Waals surface area contributed by atoms with Crippen LogP contribution >= 0.6 is 24.0 Å². The van der Waals surface area contributed by atoms with Gasteiger partial charge in [-0.3, -0.25) is 19.5 Å². The van der Waals surface area contributed by atoms with Gasteiger partial charge >= 0.3 is 0 Å². The lowest BCUT2D eigenvalue weighted by atomic mass is 10.1. The first-order valence-corrected chi connectivity index (χ1v) is 8.88. The van der Waals surface area contributed by atoms with Crippen molar-refractivity contribution in [1.82, 2.24) is 15.5 Å². The number of benzene rings is 1. The van der Waals surface area contributed by atoms with Gasteiger partial charge in [-0.05, 0) is 37.8 Å². The molecule has 144 valence electrons. The van der Waals surface area contributed by atoms with E-state index in [1.54, 1.807) is 31.3 Å². The number of imide groups is 1. The predicted octanol–water partition coefficient (Wildman–Crippen LogP) is 2.89. The van der Waals surface area contributed by atoms with E-state index in [2.05, 4.69) is 36.4 Å². The molecular weight excluding hydrogens is 443 g/mol. The lowest BCUT2D eigenvalue weighted by molar-refractivity contribution is 0.0652. The molecule has 1 heterocycles. The van der Waals surface area contributed by atoms with E-state index in [1.165, 1.54) is 4.90 Å². The van der Waals surface area contributed by atoms with Crippen molar-refractivity contribution in [2.75, 3.05) is 20.1 Å². The number of nitrogens with zero attached hydrogens (tertiary/aromatic N) is 2. The molecular formula is C19H29IN4O2. The molecule has 1 aliphatic rings. The van der Waals surface area contributed by atoms with Crippen LogP contribution < -0.4 is 10.6 Å². The van der Waals surface area contributed by atoms with Crippen LogP contribution in [0.25, 0.3) is 0 Å². The van der Waals surface area contributed by atoms with E-state index in [0.29, 0.717) is 29.6 Å². The average molecular weight is 472 g/mol. The second kappa shape index (κ2) is 10.5. The van der Waals surface area contributed by atoms with Crippen LogP contribution in [0.1, 0.15) is 54.3 Å². The van der Waals surface area contributed by atoms with Crippen molar-refractivity contribution in [3.63, 3.8) is 0 Å². The smallest absolute Gasteiger partial charge is 0.261 e. The fourth-order valence-corrected chi connectivity index (χ4v) is 2.62. The molecule has 0 bridgehead atoms. The zero-order valence-corrected chi connectivity index (χ0v) is 18.2. The Labute approximate surface area is 172 Å². The third kappa shape index (κ3) is 5.43. The second-order valence-corrected chi connectivity index (χ2v) is 6.69. The van der Waals surface area contributed by atoms with E-state index in [-0.39, 0.29) is 35.8 Å².